The largest absolute Gasteiger partial charge is 0.356 e. The summed E-state index contributed by atoms with van der Waals surface area (Å²) in [5.74, 6) is -0.247. The number of H-pyrrole nitrogens is 1. The highest BCUT2D eigenvalue weighted by molar-refractivity contribution is 9.10. The van der Waals surface area contributed by atoms with Crippen molar-refractivity contribution in [1.82, 2.24) is 15.6 Å². The first-order valence-electron chi connectivity index (χ1n) is 6.93. The van der Waals surface area contributed by atoms with Crippen molar-refractivity contribution in [3.8, 4) is 0 Å². The molecule has 1 heterocycles. The van der Waals surface area contributed by atoms with Gasteiger partial charge in [0.1, 0.15) is 5.69 Å². The molecule has 6 heteroatoms. The van der Waals surface area contributed by atoms with Gasteiger partial charge in [0.15, 0.2) is 0 Å². The lowest BCUT2D eigenvalue weighted by Gasteiger charge is -2.04. The minimum Gasteiger partial charge on any atom is -0.356 e. The Morgan fingerprint density at radius 2 is 2.00 bits per heavy atom. The number of amides is 2. The Labute approximate surface area is 131 Å². The van der Waals surface area contributed by atoms with Crippen LogP contribution in [0.1, 0.15) is 30.3 Å². The number of hydrogen-bond acceptors (Lipinski definition) is 2. The lowest BCUT2D eigenvalue weighted by atomic mass is 10.2. The molecule has 2 amide bonds. The van der Waals surface area contributed by atoms with Crippen LogP contribution < -0.4 is 10.6 Å². The van der Waals surface area contributed by atoms with Crippen molar-refractivity contribution < 1.29 is 9.59 Å². The van der Waals surface area contributed by atoms with E-state index in [1.54, 1.807) is 6.07 Å². The molecule has 112 valence electrons. The van der Waals surface area contributed by atoms with Gasteiger partial charge in [-0.3, -0.25) is 9.59 Å². The predicted octanol–water partition coefficient (Wildman–Crippen LogP) is 2.58. The summed E-state index contributed by atoms with van der Waals surface area (Å²) < 4.78 is 0.966. The Kier molecular flexibility index (Phi) is 5.38. The molecule has 0 aliphatic carbocycles. The van der Waals surface area contributed by atoms with Crippen molar-refractivity contribution in [1.29, 1.82) is 0 Å². The van der Waals surface area contributed by atoms with E-state index in [1.165, 1.54) is 0 Å². The summed E-state index contributed by atoms with van der Waals surface area (Å²) in [6.07, 6.45) is 1.19. The zero-order valence-corrected chi connectivity index (χ0v) is 13.4. The van der Waals surface area contributed by atoms with E-state index in [0.717, 1.165) is 21.8 Å². The Morgan fingerprint density at radius 3 is 2.76 bits per heavy atom. The molecule has 3 N–H and O–H groups in total. The minimum atomic E-state index is -0.203. The normalized spacial score (nSPS) is 10.6. The summed E-state index contributed by atoms with van der Waals surface area (Å²) in [7, 11) is 0. The number of fused-ring (bicyclic) bond motifs is 1. The first-order chi connectivity index (χ1) is 10.1. The lowest BCUT2D eigenvalue weighted by molar-refractivity contribution is -0.120. The van der Waals surface area contributed by atoms with Gasteiger partial charge in [-0.15, -0.1) is 0 Å². The third kappa shape index (κ3) is 4.32. The summed E-state index contributed by atoms with van der Waals surface area (Å²) in [5.41, 5.74) is 1.40. The molecule has 5 nitrogen and oxygen atoms in total. The highest BCUT2D eigenvalue weighted by Crippen LogP contribution is 2.20. The molecule has 21 heavy (non-hydrogen) atoms. The number of carbonyl (C=O) groups excluding carboxylic acids is 2. The highest BCUT2D eigenvalue weighted by Gasteiger charge is 2.10. The van der Waals surface area contributed by atoms with Crippen molar-refractivity contribution in [3.63, 3.8) is 0 Å². The highest BCUT2D eigenvalue weighted by atomic mass is 79.9. The standard InChI is InChI=1S/C15H18BrN3O2/c1-2-6-17-14(20)5-7-18-15(21)13-9-10-8-11(16)3-4-12(10)19-13/h3-4,8-9,19H,2,5-7H2,1H3,(H,17,20)(H,18,21). The van der Waals surface area contributed by atoms with E-state index in [9.17, 15) is 9.59 Å². The summed E-state index contributed by atoms with van der Waals surface area (Å²) in [6.45, 7) is 2.99. The number of rotatable bonds is 6. The molecule has 0 unspecified atom stereocenters. The van der Waals surface area contributed by atoms with E-state index in [0.29, 0.717) is 18.8 Å². The van der Waals surface area contributed by atoms with Gasteiger partial charge in [0.05, 0.1) is 0 Å². The molecule has 0 bridgehead atoms. The number of carbonyl (C=O) groups is 2. The van der Waals surface area contributed by atoms with Crippen molar-refractivity contribution in [2.24, 2.45) is 0 Å². The van der Waals surface area contributed by atoms with E-state index in [1.807, 2.05) is 25.1 Å². The summed E-state index contributed by atoms with van der Waals surface area (Å²) >= 11 is 3.40. The number of aromatic nitrogens is 1. The summed E-state index contributed by atoms with van der Waals surface area (Å²) in [4.78, 5) is 26.5. The molecule has 1 aromatic heterocycles. The van der Waals surface area contributed by atoms with Crippen molar-refractivity contribution in [3.05, 3.63) is 34.4 Å². The Hall–Kier alpha value is -1.82. The first-order valence-corrected chi connectivity index (χ1v) is 7.72. The first kappa shape index (κ1) is 15.6. The second-order valence-corrected chi connectivity index (χ2v) is 5.69. The third-order valence-corrected chi connectivity index (χ3v) is 3.53. The van der Waals surface area contributed by atoms with Crippen LogP contribution in [0.3, 0.4) is 0 Å². The van der Waals surface area contributed by atoms with Crippen LogP contribution in [0.5, 0.6) is 0 Å². The maximum Gasteiger partial charge on any atom is 0.267 e. The van der Waals surface area contributed by atoms with Crippen LogP contribution in [0.4, 0.5) is 0 Å². The van der Waals surface area contributed by atoms with Crippen LogP contribution >= 0.6 is 15.9 Å². The molecule has 0 radical (unpaired) electrons. The molecule has 0 fully saturated rings. The monoisotopic (exact) mass is 351 g/mol. The molecule has 0 spiro atoms. The molecule has 0 aliphatic heterocycles. The number of benzene rings is 1. The molecular formula is C15H18BrN3O2. The number of halogens is 1. The second kappa shape index (κ2) is 7.26. The fourth-order valence-electron chi connectivity index (χ4n) is 1.96. The maximum atomic E-state index is 12.0. The topological polar surface area (TPSA) is 74.0 Å². The number of hydrogen-bond donors (Lipinski definition) is 3. The van der Waals surface area contributed by atoms with Gasteiger partial charge in [-0.05, 0) is 30.7 Å². The average molecular weight is 352 g/mol. The van der Waals surface area contributed by atoms with E-state index < -0.39 is 0 Å². The zero-order chi connectivity index (χ0) is 15.2. The van der Waals surface area contributed by atoms with Crippen molar-refractivity contribution in [2.75, 3.05) is 13.1 Å². The number of aromatic amines is 1. The molecular weight excluding hydrogens is 334 g/mol. The van der Waals surface area contributed by atoms with Crippen LogP contribution in [-0.4, -0.2) is 29.9 Å². The van der Waals surface area contributed by atoms with Crippen LogP contribution in [0, 0.1) is 0 Å². The summed E-state index contributed by atoms with van der Waals surface area (Å²) in [5, 5.41) is 6.48. The maximum absolute atomic E-state index is 12.0. The molecule has 2 aromatic rings. The van der Waals surface area contributed by atoms with Crippen LogP contribution in [0.2, 0.25) is 0 Å². The number of nitrogens with one attached hydrogen (secondary N) is 3. The average Bonchev–Trinajstić information content (AvgIpc) is 2.88. The van der Waals surface area contributed by atoms with Gasteiger partial charge in [0, 0.05) is 34.9 Å². The lowest BCUT2D eigenvalue weighted by Crippen LogP contribution is -2.31. The molecule has 0 atom stereocenters. The van der Waals surface area contributed by atoms with Crippen LogP contribution in [0.15, 0.2) is 28.7 Å². The molecule has 1 aromatic carbocycles. The third-order valence-electron chi connectivity index (χ3n) is 3.04. The molecule has 0 aliphatic rings. The predicted molar refractivity (Wildman–Crippen MR) is 86.2 cm³/mol. The summed E-state index contributed by atoms with van der Waals surface area (Å²) in [6, 6.07) is 7.57. The molecule has 0 saturated carbocycles. The molecule has 2 rings (SSSR count). The Morgan fingerprint density at radius 1 is 1.19 bits per heavy atom. The van der Waals surface area contributed by atoms with Crippen molar-refractivity contribution in [2.45, 2.75) is 19.8 Å². The van der Waals surface area contributed by atoms with Crippen molar-refractivity contribution >= 4 is 38.6 Å². The van der Waals surface area contributed by atoms with Gasteiger partial charge < -0.3 is 15.6 Å². The fraction of sp³-hybridized carbons (Fsp3) is 0.333. The smallest absolute Gasteiger partial charge is 0.267 e. The van der Waals surface area contributed by atoms with Crippen LogP contribution in [-0.2, 0) is 4.79 Å². The van der Waals surface area contributed by atoms with Gasteiger partial charge in [-0.1, -0.05) is 22.9 Å². The minimum absolute atomic E-state index is 0.0438. The van der Waals surface area contributed by atoms with Gasteiger partial charge in [0.25, 0.3) is 5.91 Å². The van der Waals surface area contributed by atoms with E-state index in [-0.39, 0.29) is 18.2 Å². The van der Waals surface area contributed by atoms with Gasteiger partial charge in [-0.25, -0.2) is 0 Å². The molecule has 0 saturated heterocycles. The second-order valence-electron chi connectivity index (χ2n) is 4.77. The Balaban J connectivity index is 1.89. The van der Waals surface area contributed by atoms with Gasteiger partial charge >= 0.3 is 0 Å². The van der Waals surface area contributed by atoms with E-state index in [2.05, 4.69) is 31.5 Å². The zero-order valence-electron chi connectivity index (χ0n) is 11.8. The van der Waals surface area contributed by atoms with Crippen LogP contribution in [0.25, 0.3) is 10.9 Å². The van der Waals surface area contributed by atoms with E-state index >= 15 is 0 Å². The fourth-order valence-corrected chi connectivity index (χ4v) is 2.34. The van der Waals surface area contributed by atoms with Gasteiger partial charge in [-0.2, -0.15) is 0 Å². The SMILES string of the molecule is CCCNC(=O)CCNC(=O)c1cc2cc(Br)ccc2[nH]1. The van der Waals surface area contributed by atoms with Gasteiger partial charge in [0.2, 0.25) is 5.91 Å². The van der Waals surface area contributed by atoms with E-state index in [4.69, 9.17) is 0 Å². The quantitative estimate of drug-likeness (QED) is 0.748. The Bertz CT molecular complexity index is 651.